The summed E-state index contributed by atoms with van der Waals surface area (Å²) < 4.78 is 4.91. The summed E-state index contributed by atoms with van der Waals surface area (Å²) in [6.45, 7) is 5.70. The zero-order valence-electron chi connectivity index (χ0n) is 19.1. The van der Waals surface area contributed by atoms with E-state index in [0.717, 1.165) is 6.07 Å². The molecule has 0 aromatic heterocycles. The SMILES string of the molecule is C=C(C)C(=O)OCC(O)CNc1ccc(C(=O)O)c(C(=O)O)c1-c1cc(NCC(=O)O)ccc1C. The summed E-state index contributed by atoms with van der Waals surface area (Å²) in [6, 6.07) is 7.26. The second-order valence-electron chi connectivity index (χ2n) is 7.71. The second-order valence-corrected chi connectivity index (χ2v) is 7.71. The van der Waals surface area contributed by atoms with Gasteiger partial charge < -0.3 is 35.8 Å². The molecule has 11 heteroatoms. The van der Waals surface area contributed by atoms with Crippen LogP contribution in [0.2, 0.25) is 0 Å². The number of carbonyl (C=O) groups is 4. The highest BCUT2D eigenvalue weighted by atomic mass is 16.5. The van der Waals surface area contributed by atoms with Gasteiger partial charge in [-0.2, -0.15) is 0 Å². The van der Waals surface area contributed by atoms with Crippen LogP contribution in [0.25, 0.3) is 11.1 Å². The molecule has 2 aromatic carbocycles. The Bertz CT molecular complexity index is 1170. The molecule has 1 unspecified atom stereocenters. The predicted molar refractivity (Wildman–Crippen MR) is 127 cm³/mol. The quantitative estimate of drug-likeness (QED) is 0.191. The minimum atomic E-state index is -1.49. The largest absolute Gasteiger partial charge is 0.480 e. The highest BCUT2D eigenvalue weighted by Gasteiger charge is 2.25. The number of carbonyl (C=O) groups excluding carboxylic acids is 1. The van der Waals surface area contributed by atoms with E-state index in [2.05, 4.69) is 17.2 Å². The fourth-order valence-electron chi connectivity index (χ4n) is 3.19. The fourth-order valence-corrected chi connectivity index (χ4v) is 3.19. The van der Waals surface area contributed by atoms with Crippen molar-refractivity contribution in [2.24, 2.45) is 0 Å². The number of carboxylic acids is 3. The lowest BCUT2D eigenvalue weighted by molar-refractivity contribution is -0.141. The van der Waals surface area contributed by atoms with Crippen molar-refractivity contribution in [2.75, 3.05) is 30.3 Å². The van der Waals surface area contributed by atoms with E-state index in [1.165, 1.54) is 19.1 Å². The van der Waals surface area contributed by atoms with Crippen molar-refractivity contribution in [1.29, 1.82) is 0 Å². The van der Waals surface area contributed by atoms with Crippen LogP contribution >= 0.6 is 0 Å². The molecule has 0 aliphatic rings. The van der Waals surface area contributed by atoms with Crippen LogP contribution in [0.3, 0.4) is 0 Å². The first kappa shape index (κ1) is 26.9. The Labute approximate surface area is 200 Å². The van der Waals surface area contributed by atoms with Crippen LogP contribution in [0, 0.1) is 6.92 Å². The third kappa shape index (κ3) is 7.05. The molecule has 0 heterocycles. The van der Waals surface area contributed by atoms with Gasteiger partial charge in [0.15, 0.2) is 0 Å². The molecule has 0 radical (unpaired) electrons. The van der Waals surface area contributed by atoms with Gasteiger partial charge in [0.1, 0.15) is 19.3 Å². The van der Waals surface area contributed by atoms with Gasteiger partial charge in [-0.3, -0.25) is 4.79 Å². The van der Waals surface area contributed by atoms with Crippen molar-refractivity contribution in [1.82, 2.24) is 0 Å². The van der Waals surface area contributed by atoms with E-state index in [9.17, 15) is 34.5 Å². The molecule has 0 amide bonds. The standard InChI is InChI=1S/C24H26N2O9/c1-12(2)24(34)35-11-15(27)9-26-18-7-6-16(22(30)31)21(23(32)33)20(18)17-8-14(5-4-13(17)3)25-10-19(28)29/h4-8,15,25-27H,1,9-11H2,2-3H3,(H,28,29)(H,30,31)(H,32,33). The van der Waals surface area contributed by atoms with Crippen molar-refractivity contribution < 1.29 is 44.3 Å². The Morgan fingerprint density at radius 2 is 1.71 bits per heavy atom. The molecule has 0 bridgehead atoms. The number of anilines is 2. The first-order valence-corrected chi connectivity index (χ1v) is 10.4. The van der Waals surface area contributed by atoms with Gasteiger partial charge in [0.25, 0.3) is 0 Å². The predicted octanol–water partition coefficient (Wildman–Crippen LogP) is 2.45. The maximum absolute atomic E-state index is 12.2. The average Bonchev–Trinajstić information content (AvgIpc) is 2.79. The number of nitrogens with one attached hydrogen (secondary N) is 2. The molecule has 2 rings (SSSR count). The molecule has 2 aromatic rings. The molecule has 0 aliphatic carbocycles. The van der Waals surface area contributed by atoms with E-state index in [-0.39, 0.29) is 36.5 Å². The summed E-state index contributed by atoms with van der Waals surface area (Å²) >= 11 is 0. The van der Waals surface area contributed by atoms with Crippen molar-refractivity contribution in [2.45, 2.75) is 20.0 Å². The number of rotatable bonds is 12. The lowest BCUT2D eigenvalue weighted by atomic mass is 9.90. The molecular formula is C24H26N2O9. The van der Waals surface area contributed by atoms with Crippen molar-refractivity contribution in [3.8, 4) is 11.1 Å². The van der Waals surface area contributed by atoms with Crippen LogP contribution in [-0.4, -0.2) is 70.1 Å². The summed E-state index contributed by atoms with van der Waals surface area (Å²) in [6.07, 6.45) is -1.16. The van der Waals surface area contributed by atoms with Gasteiger partial charge in [0, 0.05) is 29.1 Å². The molecule has 186 valence electrons. The van der Waals surface area contributed by atoms with Crippen LogP contribution in [0.4, 0.5) is 11.4 Å². The lowest BCUT2D eigenvalue weighted by Crippen LogP contribution is -2.27. The molecule has 0 saturated carbocycles. The van der Waals surface area contributed by atoms with Crippen LogP contribution in [0.1, 0.15) is 33.2 Å². The summed E-state index contributed by atoms with van der Waals surface area (Å²) in [5.41, 5.74) is 0.788. The molecule has 35 heavy (non-hydrogen) atoms. The number of ether oxygens (including phenoxy) is 1. The van der Waals surface area contributed by atoms with Gasteiger partial charge in [0.2, 0.25) is 0 Å². The molecule has 6 N–H and O–H groups in total. The Morgan fingerprint density at radius 1 is 1.03 bits per heavy atom. The Kier molecular flexibility index (Phi) is 8.95. The number of benzene rings is 2. The van der Waals surface area contributed by atoms with E-state index < -0.39 is 41.1 Å². The number of carboxylic acid groups (broad SMARTS) is 3. The number of hydrogen-bond donors (Lipinski definition) is 6. The van der Waals surface area contributed by atoms with Crippen LogP contribution in [0.5, 0.6) is 0 Å². The van der Waals surface area contributed by atoms with Gasteiger partial charge in [-0.1, -0.05) is 12.6 Å². The smallest absolute Gasteiger partial charge is 0.337 e. The fraction of sp³-hybridized carbons (Fsp3) is 0.250. The van der Waals surface area contributed by atoms with Gasteiger partial charge in [-0.25, -0.2) is 14.4 Å². The number of aliphatic hydroxyl groups excluding tert-OH is 1. The van der Waals surface area contributed by atoms with Gasteiger partial charge in [-0.15, -0.1) is 0 Å². The molecule has 0 saturated heterocycles. The molecule has 11 nitrogen and oxygen atoms in total. The Morgan fingerprint density at radius 3 is 2.29 bits per heavy atom. The van der Waals surface area contributed by atoms with Gasteiger partial charge in [0.05, 0.1) is 11.1 Å². The van der Waals surface area contributed by atoms with E-state index >= 15 is 0 Å². The molecule has 1 atom stereocenters. The van der Waals surface area contributed by atoms with E-state index in [1.807, 2.05) is 0 Å². The van der Waals surface area contributed by atoms with E-state index in [0.29, 0.717) is 16.8 Å². The zero-order valence-corrected chi connectivity index (χ0v) is 19.1. The number of aliphatic carboxylic acids is 1. The number of aliphatic hydroxyl groups is 1. The Hall–Kier alpha value is -4.38. The van der Waals surface area contributed by atoms with Crippen LogP contribution in [-0.2, 0) is 14.3 Å². The highest BCUT2D eigenvalue weighted by molar-refractivity contribution is 6.09. The zero-order chi connectivity index (χ0) is 26.3. The maximum atomic E-state index is 12.2. The van der Waals surface area contributed by atoms with E-state index in [1.54, 1.807) is 19.1 Å². The normalized spacial score (nSPS) is 11.3. The van der Waals surface area contributed by atoms with Gasteiger partial charge in [-0.05, 0) is 49.2 Å². The molecule has 0 spiro atoms. The number of aromatic carboxylic acids is 2. The van der Waals surface area contributed by atoms with Crippen LogP contribution < -0.4 is 10.6 Å². The summed E-state index contributed by atoms with van der Waals surface area (Å²) in [5, 5.41) is 44.2. The first-order chi connectivity index (χ1) is 16.4. The number of hydrogen-bond acceptors (Lipinski definition) is 8. The summed E-state index contributed by atoms with van der Waals surface area (Å²) in [4.78, 5) is 46.4. The van der Waals surface area contributed by atoms with Gasteiger partial charge >= 0.3 is 23.9 Å². The third-order valence-electron chi connectivity index (χ3n) is 4.88. The number of aryl methyl sites for hydroxylation is 1. The molecule has 0 aliphatic heterocycles. The molecule has 0 fully saturated rings. The average molecular weight is 486 g/mol. The Balaban J connectivity index is 2.53. The minimum Gasteiger partial charge on any atom is -0.480 e. The van der Waals surface area contributed by atoms with Crippen molar-refractivity contribution in [3.05, 3.63) is 59.2 Å². The lowest BCUT2D eigenvalue weighted by Gasteiger charge is -2.20. The monoisotopic (exact) mass is 486 g/mol. The maximum Gasteiger partial charge on any atom is 0.337 e. The molecular weight excluding hydrogens is 460 g/mol. The van der Waals surface area contributed by atoms with Crippen molar-refractivity contribution >= 4 is 35.3 Å². The number of esters is 1. The van der Waals surface area contributed by atoms with E-state index in [4.69, 9.17) is 9.84 Å². The minimum absolute atomic E-state index is 0.0417. The topological polar surface area (TPSA) is 182 Å². The summed E-state index contributed by atoms with van der Waals surface area (Å²) in [7, 11) is 0. The highest BCUT2D eigenvalue weighted by Crippen LogP contribution is 2.37. The van der Waals surface area contributed by atoms with Crippen molar-refractivity contribution in [3.63, 3.8) is 0 Å². The second kappa shape index (κ2) is 11.7. The van der Waals surface area contributed by atoms with Crippen LogP contribution in [0.15, 0.2) is 42.5 Å². The summed E-state index contributed by atoms with van der Waals surface area (Å²) in [5.74, 6) is -4.71. The first-order valence-electron chi connectivity index (χ1n) is 10.4. The third-order valence-corrected chi connectivity index (χ3v) is 4.88.